The van der Waals surface area contributed by atoms with Crippen LogP contribution in [0.4, 0.5) is 0 Å². The fourth-order valence-corrected chi connectivity index (χ4v) is 1.71. The Labute approximate surface area is 71.7 Å². The molecule has 1 rings (SSSR count). The Kier molecular flexibility index (Phi) is 3.45. The van der Waals surface area contributed by atoms with Gasteiger partial charge in [-0.05, 0) is 0 Å². The quantitative estimate of drug-likeness (QED) is 0.563. The lowest BCUT2D eigenvalue weighted by atomic mass is 10.4. The molecule has 0 saturated carbocycles. The molecular formula is C6H12O5S. The summed E-state index contributed by atoms with van der Waals surface area (Å²) in [7, 11) is -2.29. The van der Waals surface area contributed by atoms with Crippen molar-refractivity contribution >= 4 is 10.1 Å². The molecule has 1 aliphatic rings. The smallest absolute Gasteiger partial charge is 0.269 e. The van der Waals surface area contributed by atoms with Crippen molar-refractivity contribution < 1.29 is 22.1 Å². The van der Waals surface area contributed by atoms with Crippen molar-refractivity contribution in [3.8, 4) is 0 Å². The molecule has 6 heteroatoms. The van der Waals surface area contributed by atoms with Crippen molar-refractivity contribution in [1.29, 1.82) is 0 Å². The van der Waals surface area contributed by atoms with Crippen molar-refractivity contribution in [2.24, 2.45) is 0 Å². The zero-order valence-electron chi connectivity index (χ0n) is 6.86. The molecule has 0 aromatic rings. The van der Waals surface area contributed by atoms with Gasteiger partial charge in [0.15, 0.2) is 0 Å². The molecule has 5 nitrogen and oxygen atoms in total. The van der Waals surface area contributed by atoms with E-state index in [1.165, 1.54) is 0 Å². The highest BCUT2D eigenvalue weighted by atomic mass is 32.2. The Morgan fingerprint density at radius 1 is 1.50 bits per heavy atom. The van der Waals surface area contributed by atoms with Crippen LogP contribution < -0.4 is 0 Å². The molecule has 1 heterocycles. The SMILES string of the molecule is COS(=O)(=O)C[C@@H]1COCCO1. The van der Waals surface area contributed by atoms with Crippen molar-refractivity contribution in [3.05, 3.63) is 0 Å². The number of rotatable bonds is 3. The van der Waals surface area contributed by atoms with Gasteiger partial charge in [0.05, 0.1) is 33.0 Å². The minimum absolute atomic E-state index is 0.135. The maximum atomic E-state index is 10.9. The summed E-state index contributed by atoms with van der Waals surface area (Å²) >= 11 is 0. The summed E-state index contributed by atoms with van der Waals surface area (Å²) < 4.78 is 36.3. The van der Waals surface area contributed by atoms with Crippen molar-refractivity contribution in [2.75, 3.05) is 32.7 Å². The van der Waals surface area contributed by atoms with Crippen molar-refractivity contribution in [3.63, 3.8) is 0 Å². The molecule has 0 aromatic heterocycles. The van der Waals surface area contributed by atoms with Gasteiger partial charge >= 0.3 is 0 Å². The molecule has 1 fully saturated rings. The van der Waals surface area contributed by atoms with E-state index in [-0.39, 0.29) is 11.9 Å². The van der Waals surface area contributed by atoms with Crippen molar-refractivity contribution in [2.45, 2.75) is 6.10 Å². The van der Waals surface area contributed by atoms with E-state index in [2.05, 4.69) is 4.18 Å². The van der Waals surface area contributed by atoms with Gasteiger partial charge in [-0.25, -0.2) is 0 Å². The normalized spacial score (nSPS) is 25.6. The van der Waals surface area contributed by atoms with Crippen LogP contribution >= 0.6 is 0 Å². The minimum atomic E-state index is -3.42. The second kappa shape index (κ2) is 4.18. The molecule has 0 spiro atoms. The summed E-state index contributed by atoms with van der Waals surface area (Å²) in [6.45, 7) is 1.30. The third-order valence-corrected chi connectivity index (χ3v) is 2.82. The lowest BCUT2D eigenvalue weighted by molar-refractivity contribution is -0.0787. The zero-order chi connectivity index (χ0) is 9.03. The van der Waals surface area contributed by atoms with Crippen LogP contribution in [0.15, 0.2) is 0 Å². The Balaban J connectivity index is 2.39. The molecule has 12 heavy (non-hydrogen) atoms. The second-order valence-corrected chi connectivity index (χ2v) is 4.24. The highest BCUT2D eigenvalue weighted by Crippen LogP contribution is 2.04. The van der Waals surface area contributed by atoms with Crippen LogP contribution in [0.2, 0.25) is 0 Å². The van der Waals surface area contributed by atoms with Crippen LogP contribution in [0.1, 0.15) is 0 Å². The van der Waals surface area contributed by atoms with Crippen LogP contribution in [0.5, 0.6) is 0 Å². The first-order valence-electron chi connectivity index (χ1n) is 3.62. The number of hydrogen-bond acceptors (Lipinski definition) is 5. The lowest BCUT2D eigenvalue weighted by Crippen LogP contribution is -2.34. The molecule has 0 aromatic carbocycles. The van der Waals surface area contributed by atoms with E-state index in [0.29, 0.717) is 19.8 Å². The Morgan fingerprint density at radius 3 is 2.75 bits per heavy atom. The number of ether oxygens (including phenoxy) is 2. The summed E-state index contributed by atoms with van der Waals surface area (Å²) in [4.78, 5) is 0. The van der Waals surface area contributed by atoms with Gasteiger partial charge in [0.2, 0.25) is 0 Å². The topological polar surface area (TPSA) is 61.8 Å². The van der Waals surface area contributed by atoms with Gasteiger partial charge in [-0.2, -0.15) is 8.42 Å². The maximum absolute atomic E-state index is 10.9. The Bertz CT molecular complexity index is 216. The molecule has 0 radical (unpaired) electrons. The van der Waals surface area contributed by atoms with Crippen LogP contribution in [-0.4, -0.2) is 47.2 Å². The zero-order valence-corrected chi connectivity index (χ0v) is 7.67. The lowest BCUT2D eigenvalue weighted by Gasteiger charge is -2.21. The Hall–Kier alpha value is -0.170. The van der Waals surface area contributed by atoms with E-state index in [9.17, 15) is 8.42 Å². The van der Waals surface area contributed by atoms with Gasteiger partial charge in [-0.1, -0.05) is 0 Å². The third-order valence-electron chi connectivity index (χ3n) is 1.53. The molecule has 0 bridgehead atoms. The molecule has 0 unspecified atom stereocenters. The van der Waals surface area contributed by atoms with Gasteiger partial charge in [-0.15, -0.1) is 0 Å². The highest BCUT2D eigenvalue weighted by molar-refractivity contribution is 7.86. The van der Waals surface area contributed by atoms with Crippen LogP contribution in [0, 0.1) is 0 Å². The Morgan fingerprint density at radius 2 is 2.25 bits per heavy atom. The van der Waals surface area contributed by atoms with Gasteiger partial charge < -0.3 is 9.47 Å². The van der Waals surface area contributed by atoms with Gasteiger partial charge in [0.1, 0.15) is 5.75 Å². The molecule has 1 aliphatic heterocycles. The second-order valence-electron chi connectivity index (χ2n) is 2.46. The largest absolute Gasteiger partial charge is 0.376 e. The van der Waals surface area contributed by atoms with Gasteiger partial charge in [0.25, 0.3) is 10.1 Å². The molecule has 0 aliphatic carbocycles. The predicted molar refractivity (Wildman–Crippen MR) is 41.4 cm³/mol. The fraction of sp³-hybridized carbons (Fsp3) is 1.00. The first-order chi connectivity index (χ1) is 5.64. The van der Waals surface area contributed by atoms with E-state index < -0.39 is 10.1 Å². The predicted octanol–water partition coefficient (Wildman–Crippen LogP) is -0.622. The summed E-state index contributed by atoms with van der Waals surface area (Å²) in [5.74, 6) is -0.135. The summed E-state index contributed by atoms with van der Waals surface area (Å²) in [5.41, 5.74) is 0. The van der Waals surface area contributed by atoms with Crippen LogP contribution in [0.3, 0.4) is 0 Å². The average molecular weight is 196 g/mol. The third kappa shape index (κ3) is 3.06. The standard InChI is InChI=1S/C6H12O5S/c1-9-12(7,8)5-6-4-10-2-3-11-6/h6H,2-5H2,1H3/t6-/m0/s1. The summed E-state index contributed by atoms with van der Waals surface area (Å²) in [6.07, 6.45) is -0.385. The first-order valence-corrected chi connectivity index (χ1v) is 5.19. The van der Waals surface area contributed by atoms with E-state index in [1.807, 2.05) is 0 Å². The first kappa shape index (κ1) is 9.91. The minimum Gasteiger partial charge on any atom is -0.376 e. The summed E-state index contributed by atoms with van der Waals surface area (Å²) in [6, 6.07) is 0. The molecule has 0 amide bonds. The van der Waals surface area contributed by atoms with Crippen LogP contribution in [-0.2, 0) is 23.8 Å². The van der Waals surface area contributed by atoms with E-state index in [4.69, 9.17) is 9.47 Å². The van der Waals surface area contributed by atoms with E-state index in [1.54, 1.807) is 0 Å². The number of hydrogen-bond donors (Lipinski definition) is 0. The molecule has 72 valence electrons. The molecule has 1 atom stereocenters. The average Bonchev–Trinajstić information content (AvgIpc) is 2.06. The van der Waals surface area contributed by atoms with Gasteiger partial charge in [0, 0.05) is 0 Å². The summed E-state index contributed by atoms with van der Waals surface area (Å²) in [5, 5.41) is 0. The van der Waals surface area contributed by atoms with E-state index >= 15 is 0 Å². The van der Waals surface area contributed by atoms with Crippen LogP contribution in [0.25, 0.3) is 0 Å². The van der Waals surface area contributed by atoms with E-state index in [0.717, 1.165) is 7.11 Å². The molecular weight excluding hydrogens is 184 g/mol. The fourth-order valence-electron chi connectivity index (χ4n) is 0.929. The molecule has 1 saturated heterocycles. The monoisotopic (exact) mass is 196 g/mol. The van der Waals surface area contributed by atoms with Crippen molar-refractivity contribution in [1.82, 2.24) is 0 Å². The van der Waals surface area contributed by atoms with Gasteiger partial charge in [-0.3, -0.25) is 4.18 Å². The highest BCUT2D eigenvalue weighted by Gasteiger charge is 2.21. The maximum Gasteiger partial charge on any atom is 0.269 e. The molecule has 0 N–H and O–H groups in total.